The van der Waals surface area contributed by atoms with Crippen LogP contribution in [0.25, 0.3) is 10.9 Å². The van der Waals surface area contributed by atoms with Crippen molar-refractivity contribution < 1.29 is 9.53 Å². The first-order chi connectivity index (χ1) is 13.0. The normalized spacial score (nSPS) is 12.1. The Balaban J connectivity index is 1.93. The molecule has 0 spiro atoms. The Labute approximate surface area is 162 Å². The van der Waals surface area contributed by atoms with Crippen LogP contribution in [0, 0.1) is 0 Å². The maximum atomic E-state index is 12.8. The highest BCUT2D eigenvalue weighted by Gasteiger charge is 2.20. The molecule has 0 N–H and O–H groups in total. The molecule has 140 valence electrons. The summed E-state index contributed by atoms with van der Waals surface area (Å²) in [6, 6.07) is 14.4. The van der Waals surface area contributed by atoms with Crippen LogP contribution in [-0.4, -0.2) is 27.7 Å². The summed E-state index contributed by atoms with van der Waals surface area (Å²) in [5.41, 5.74) is 1.21. The first-order valence-corrected chi connectivity index (χ1v) is 9.77. The fourth-order valence-electron chi connectivity index (χ4n) is 2.86. The summed E-state index contributed by atoms with van der Waals surface area (Å²) < 4.78 is 6.81. The van der Waals surface area contributed by atoms with Gasteiger partial charge in [0.05, 0.1) is 23.3 Å². The van der Waals surface area contributed by atoms with Crippen molar-refractivity contribution in [3.05, 3.63) is 64.4 Å². The Hall–Kier alpha value is -2.60. The van der Waals surface area contributed by atoms with Gasteiger partial charge in [0.25, 0.3) is 5.56 Å². The number of benzene rings is 2. The van der Waals surface area contributed by atoms with Gasteiger partial charge in [0.15, 0.2) is 10.9 Å². The quantitative estimate of drug-likeness (QED) is 0.348. The van der Waals surface area contributed by atoms with E-state index >= 15 is 0 Å². The summed E-state index contributed by atoms with van der Waals surface area (Å²) in [4.78, 5) is 30.3. The number of rotatable bonds is 7. The second-order valence-electron chi connectivity index (χ2n) is 6.22. The van der Waals surface area contributed by atoms with Crippen LogP contribution in [-0.2, 0) is 6.54 Å². The topological polar surface area (TPSA) is 61.2 Å². The van der Waals surface area contributed by atoms with Gasteiger partial charge in [-0.2, -0.15) is 0 Å². The fourth-order valence-corrected chi connectivity index (χ4v) is 3.87. The molecule has 3 rings (SSSR count). The third-order valence-corrected chi connectivity index (χ3v) is 5.39. The van der Waals surface area contributed by atoms with E-state index in [4.69, 9.17) is 4.74 Å². The summed E-state index contributed by atoms with van der Waals surface area (Å²) in [5, 5.41) is 0.814. The highest BCUT2D eigenvalue weighted by atomic mass is 32.2. The van der Waals surface area contributed by atoms with Crippen molar-refractivity contribution in [3.63, 3.8) is 0 Å². The first kappa shape index (κ1) is 19.2. The van der Waals surface area contributed by atoms with Crippen LogP contribution in [0.3, 0.4) is 0 Å². The van der Waals surface area contributed by atoms with Gasteiger partial charge >= 0.3 is 0 Å². The Morgan fingerprint density at radius 2 is 1.89 bits per heavy atom. The van der Waals surface area contributed by atoms with Crippen molar-refractivity contribution >= 4 is 28.4 Å². The Morgan fingerprint density at radius 3 is 2.56 bits per heavy atom. The van der Waals surface area contributed by atoms with Gasteiger partial charge in [-0.1, -0.05) is 30.8 Å². The maximum absolute atomic E-state index is 12.8. The van der Waals surface area contributed by atoms with Crippen LogP contribution in [0.5, 0.6) is 5.75 Å². The summed E-state index contributed by atoms with van der Waals surface area (Å²) in [6.45, 7) is 4.43. The molecule has 0 bridgehead atoms. The third-order valence-electron chi connectivity index (χ3n) is 4.30. The number of carbonyl (C=O) groups excluding carboxylic acids is 1. The number of para-hydroxylation sites is 1. The van der Waals surface area contributed by atoms with Gasteiger partial charge in [-0.25, -0.2) is 4.98 Å². The van der Waals surface area contributed by atoms with Crippen molar-refractivity contribution in [3.8, 4) is 5.75 Å². The summed E-state index contributed by atoms with van der Waals surface area (Å²) in [7, 11) is 1.59. The lowest BCUT2D eigenvalue weighted by Gasteiger charge is -2.15. The van der Waals surface area contributed by atoms with Crippen LogP contribution in [0.15, 0.2) is 58.5 Å². The molecular weight excluding hydrogens is 360 g/mol. The van der Waals surface area contributed by atoms with Gasteiger partial charge in [0.2, 0.25) is 0 Å². The predicted molar refractivity (Wildman–Crippen MR) is 109 cm³/mol. The number of hydrogen-bond donors (Lipinski definition) is 0. The van der Waals surface area contributed by atoms with E-state index in [1.807, 2.05) is 32.0 Å². The van der Waals surface area contributed by atoms with Crippen LogP contribution < -0.4 is 10.3 Å². The minimum Gasteiger partial charge on any atom is -0.497 e. The molecule has 27 heavy (non-hydrogen) atoms. The minimum absolute atomic E-state index is 0.00638. The molecular formula is C21H22N2O3S. The highest BCUT2D eigenvalue weighted by Crippen LogP contribution is 2.26. The average molecular weight is 382 g/mol. The molecule has 2 aromatic carbocycles. The molecule has 3 aromatic rings. The van der Waals surface area contributed by atoms with Gasteiger partial charge in [-0.05, 0) is 49.7 Å². The molecule has 0 fully saturated rings. The Bertz CT molecular complexity index is 1010. The summed E-state index contributed by atoms with van der Waals surface area (Å²) >= 11 is 1.32. The molecule has 1 atom stereocenters. The second-order valence-corrected chi connectivity index (χ2v) is 7.53. The van der Waals surface area contributed by atoms with Gasteiger partial charge in [0.1, 0.15) is 5.75 Å². The van der Waals surface area contributed by atoms with E-state index in [9.17, 15) is 9.59 Å². The third kappa shape index (κ3) is 4.06. The largest absolute Gasteiger partial charge is 0.497 e. The molecule has 0 aliphatic rings. The van der Waals surface area contributed by atoms with E-state index in [1.54, 1.807) is 42.0 Å². The number of carbonyl (C=O) groups is 1. The highest BCUT2D eigenvalue weighted by molar-refractivity contribution is 8.00. The number of ether oxygens (including phenoxy) is 1. The van der Waals surface area contributed by atoms with E-state index in [0.29, 0.717) is 33.9 Å². The van der Waals surface area contributed by atoms with Gasteiger partial charge in [0, 0.05) is 12.1 Å². The summed E-state index contributed by atoms with van der Waals surface area (Å²) in [6.07, 6.45) is 0.814. The summed E-state index contributed by atoms with van der Waals surface area (Å²) in [5.74, 6) is 0.702. The van der Waals surface area contributed by atoms with Gasteiger partial charge in [-0.15, -0.1) is 0 Å². The lowest BCUT2D eigenvalue weighted by Crippen LogP contribution is -2.25. The number of fused-ring (bicyclic) bond motifs is 1. The Morgan fingerprint density at radius 1 is 1.19 bits per heavy atom. The number of ketones is 1. The molecule has 0 aliphatic heterocycles. The van der Waals surface area contributed by atoms with Crippen molar-refractivity contribution in [1.82, 2.24) is 9.55 Å². The van der Waals surface area contributed by atoms with Crippen LogP contribution >= 0.6 is 11.8 Å². The van der Waals surface area contributed by atoms with Crippen molar-refractivity contribution in [2.24, 2.45) is 0 Å². The lowest BCUT2D eigenvalue weighted by molar-refractivity contribution is 0.0994. The number of hydrogen-bond acceptors (Lipinski definition) is 5. The molecule has 1 heterocycles. The number of aromatic nitrogens is 2. The molecule has 0 aliphatic carbocycles. The fraction of sp³-hybridized carbons (Fsp3) is 0.286. The second kappa shape index (κ2) is 8.39. The monoisotopic (exact) mass is 382 g/mol. The molecule has 0 saturated heterocycles. The average Bonchev–Trinajstić information content (AvgIpc) is 2.70. The predicted octanol–water partition coefficient (Wildman–Crippen LogP) is 4.18. The van der Waals surface area contributed by atoms with Crippen LogP contribution in [0.4, 0.5) is 0 Å². The molecule has 5 nitrogen and oxygen atoms in total. The first-order valence-electron chi connectivity index (χ1n) is 8.89. The van der Waals surface area contributed by atoms with Gasteiger partial charge in [-0.3, -0.25) is 14.2 Å². The molecule has 0 saturated carbocycles. The van der Waals surface area contributed by atoms with Crippen LogP contribution in [0.2, 0.25) is 0 Å². The van der Waals surface area contributed by atoms with Crippen molar-refractivity contribution in [2.75, 3.05) is 7.11 Å². The SMILES string of the molecule is CCCn1c(SC(C)C(=O)c2ccc(OC)cc2)nc2ccccc2c1=O. The number of nitrogens with zero attached hydrogens (tertiary/aromatic N) is 2. The van der Waals surface area contributed by atoms with E-state index in [0.717, 1.165) is 6.42 Å². The molecule has 6 heteroatoms. The zero-order chi connectivity index (χ0) is 19.4. The van der Waals surface area contributed by atoms with Gasteiger partial charge < -0.3 is 4.74 Å². The Kier molecular flexibility index (Phi) is 5.96. The number of Topliss-reactive ketones (excluding diaryl/α,β-unsaturated/α-hetero) is 1. The molecule has 0 amide bonds. The smallest absolute Gasteiger partial charge is 0.262 e. The van der Waals surface area contributed by atoms with E-state index in [1.165, 1.54) is 11.8 Å². The molecule has 1 aromatic heterocycles. The molecule has 0 radical (unpaired) electrons. The lowest BCUT2D eigenvalue weighted by atomic mass is 10.1. The number of thioether (sulfide) groups is 1. The maximum Gasteiger partial charge on any atom is 0.262 e. The van der Waals surface area contributed by atoms with Crippen LogP contribution in [0.1, 0.15) is 30.6 Å². The standard InChI is InChI=1S/C21H22N2O3S/c1-4-13-23-20(25)17-7-5-6-8-18(17)22-21(23)27-14(2)19(24)15-9-11-16(26-3)12-10-15/h5-12,14H,4,13H2,1-3H3. The van der Waals surface area contributed by atoms with E-state index < -0.39 is 0 Å². The van der Waals surface area contributed by atoms with E-state index in [-0.39, 0.29) is 16.6 Å². The van der Waals surface area contributed by atoms with Crippen molar-refractivity contribution in [2.45, 2.75) is 37.2 Å². The number of methoxy groups -OCH3 is 1. The molecule has 1 unspecified atom stereocenters. The zero-order valence-electron chi connectivity index (χ0n) is 15.6. The van der Waals surface area contributed by atoms with Crippen molar-refractivity contribution in [1.29, 1.82) is 0 Å². The van der Waals surface area contributed by atoms with E-state index in [2.05, 4.69) is 4.98 Å². The minimum atomic E-state index is -0.366. The zero-order valence-corrected chi connectivity index (χ0v) is 16.5.